The molecule has 1 fully saturated rings. The van der Waals surface area contributed by atoms with Gasteiger partial charge in [-0.2, -0.15) is 0 Å². The van der Waals surface area contributed by atoms with E-state index < -0.39 is 0 Å². The summed E-state index contributed by atoms with van der Waals surface area (Å²) in [7, 11) is 0. The van der Waals surface area contributed by atoms with Crippen LogP contribution in [0.3, 0.4) is 0 Å². The molecule has 2 aliphatic rings. The molecular weight excluding hydrogens is 334 g/mol. The van der Waals surface area contributed by atoms with Gasteiger partial charge in [-0.1, -0.05) is 30.3 Å². The van der Waals surface area contributed by atoms with Crippen molar-refractivity contribution in [2.45, 2.75) is 6.61 Å². The molecule has 0 bridgehead atoms. The highest BCUT2D eigenvalue weighted by Gasteiger charge is 2.32. The fourth-order valence-electron chi connectivity index (χ4n) is 3.04. The number of nitrogens with zero attached hydrogens (tertiary/aromatic N) is 2. The number of aromatic nitrogens is 1. The van der Waals surface area contributed by atoms with Crippen molar-refractivity contribution >= 4 is 17.5 Å². The van der Waals surface area contributed by atoms with E-state index in [2.05, 4.69) is 10.3 Å². The Hall–Kier alpha value is -2.93. The van der Waals surface area contributed by atoms with E-state index in [9.17, 15) is 9.59 Å². The molecule has 2 amide bonds. The van der Waals surface area contributed by atoms with Crippen LogP contribution in [-0.4, -0.2) is 48.0 Å². The van der Waals surface area contributed by atoms with Crippen LogP contribution in [-0.2, 0) is 16.1 Å². The zero-order chi connectivity index (χ0) is 17.9. The summed E-state index contributed by atoms with van der Waals surface area (Å²) in [4.78, 5) is 29.8. The molecule has 0 saturated carbocycles. The molecule has 0 unspecified atom stereocenters. The second-order valence-electron chi connectivity index (χ2n) is 6.49. The number of anilines is 1. The number of rotatable bonds is 5. The molecule has 0 atom stereocenters. The number of hydrogen-bond acceptors (Lipinski definition) is 5. The molecule has 134 valence electrons. The molecule has 2 aliphatic heterocycles. The Kier molecular flexibility index (Phi) is 4.53. The third kappa shape index (κ3) is 3.52. The van der Waals surface area contributed by atoms with E-state index in [1.165, 1.54) is 6.20 Å². The smallest absolute Gasteiger partial charge is 0.262 e. The Morgan fingerprint density at radius 2 is 2.12 bits per heavy atom. The highest BCUT2D eigenvalue weighted by Crippen LogP contribution is 2.27. The van der Waals surface area contributed by atoms with Crippen molar-refractivity contribution in [3.05, 3.63) is 53.7 Å². The van der Waals surface area contributed by atoms with Gasteiger partial charge in [0.15, 0.2) is 6.61 Å². The summed E-state index contributed by atoms with van der Waals surface area (Å²) in [5.74, 6) is 0.344. The van der Waals surface area contributed by atoms with Gasteiger partial charge in [-0.25, -0.2) is 4.98 Å². The summed E-state index contributed by atoms with van der Waals surface area (Å²) in [5, 5.41) is 2.67. The van der Waals surface area contributed by atoms with Crippen LogP contribution >= 0.6 is 0 Å². The normalized spacial score (nSPS) is 16.3. The van der Waals surface area contributed by atoms with Gasteiger partial charge in [-0.3, -0.25) is 9.59 Å². The second kappa shape index (κ2) is 7.13. The first-order valence-corrected chi connectivity index (χ1v) is 8.52. The number of carbonyl (C=O) groups is 2. The third-order valence-electron chi connectivity index (χ3n) is 4.42. The average Bonchev–Trinajstić information content (AvgIpc) is 2.63. The Morgan fingerprint density at radius 3 is 2.92 bits per heavy atom. The number of nitrogens with one attached hydrogen (secondary N) is 1. The molecule has 1 aromatic carbocycles. The average molecular weight is 353 g/mol. The molecule has 2 aromatic rings. The predicted octanol–water partition coefficient (Wildman–Crippen LogP) is 1.70. The molecule has 3 heterocycles. The Morgan fingerprint density at radius 1 is 1.31 bits per heavy atom. The molecule has 26 heavy (non-hydrogen) atoms. The zero-order valence-electron chi connectivity index (χ0n) is 14.2. The summed E-state index contributed by atoms with van der Waals surface area (Å²) in [6.07, 6.45) is 1.48. The molecule has 0 radical (unpaired) electrons. The molecule has 7 nitrogen and oxygen atoms in total. The van der Waals surface area contributed by atoms with Gasteiger partial charge >= 0.3 is 0 Å². The second-order valence-corrected chi connectivity index (χ2v) is 6.49. The molecular formula is C19H19N3O4. The Labute approximate surface area is 150 Å². The number of ether oxygens (including phenoxy) is 2. The van der Waals surface area contributed by atoms with E-state index in [-0.39, 0.29) is 18.4 Å². The number of hydrogen-bond donors (Lipinski definition) is 1. The first-order valence-electron chi connectivity index (χ1n) is 8.52. The maximum atomic E-state index is 12.5. The van der Waals surface area contributed by atoms with E-state index in [1.54, 1.807) is 11.0 Å². The number of carbonyl (C=O) groups excluding carboxylic acids is 2. The summed E-state index contributed by atoms with van der Waals surface area (Å²) in [6.45, 7) is 2.48. The quantitative estimate of drug-likeness (QED) is 0.885. The fourth-order valence-corrected chi connectivity index (χ4v) is 3.04. The van der Waals surface area contributed by atoms with Crippen molar-refractivity contribution in [1.29, 1.82) is 0 Å². The predicted molar refractivity (Wildman–Crippen MR) is 93.9 cm³/mol. The SMILES string of the molecule is O=C1COc2ncc(C(=O)N3CC(COCc4ccccc4)C3)cc2N1. The van der Waals surface area contributed by atoms with Crippen LogP contribution in [0.1, 0.15) is 15.9 Å². The fraction of sp³-hybridized carbons (Fsp3) is 0.316. The van der Waals surface area contributed by atoms with Crippen molar-refractivity contribution in [2.75, 3.05) is 31.6 Å². The van der Waals surface area contributed by atoms with Gasteiger partial charge in [0.25, 0.3) is 11.8 Å². The van der Waals surface area contributed by atoms with Crippen LogP contribution in [0.15, 0.2) is 42.6 Å². The van der Waals surface area contributed by atoms with Crippen molar-refractivity contribution in [3.63, 3.8) is 0 Å². The number of pyridine rings is 1. The molecule has 1 aromatic heterocycles. The van der Waals surface area contributed by atoms with Gasteiger partial charge < -0.3 is 19.7 Å². The van der Waals surface area contributed by atoms with Crippen LogP contribution in [0.4, 0.5) is 5.69 Å². The minimum absolute atomic E-state index is 0.0515. The highest BCUT2D eigenvalue weighted by atomic mass is 16.5. The molecule has 7 heteroatoms. The maximum absolute atomic E-state index is 12.5. The first kappa shape index (κ1) is 16.5. The minimum atomic E-state index is -0.247. The van der Waals surface area contributed by atoms with Gasteiger partial charge in [0, 0.05) is 25.2 Å². The van der Waals surface area contributed by atoms with E-state index in [1.807, 2.05) is 30.3 Å². The first-order chi connectivity index (χ1) is 12.7. The lowest BCUT2D eigenvalue weighted by molar-refractivity contribution is -0.118. The molecule has 0 spiro atoms. The van der Waals surface area contributed by atoms with Crippen molar-refractivity contribution in [1.82, 2.24) is 9.88 Å². The van der Waals surface area contributed by atoms with Crippen LogP contribution in [0, 0.1) is 5.92 Å². The monoisotopic (exact) mass is 353 g/mol. The van der Waals surface area contributed by atoms with Gasteiger partial charge in [-0.15, -0.1) is 0 Å². The van der Waals surface area contributed by atoms with Crippen LogP contribution in [0.25, 0.3) is 0 Å². The number of amides is 2. The van der Waals surface area contributed by atoms with Crippen molar-refractivity contribution < 1.29 is 19.1 Å². The minimum Gasteiger partial charge on any atom is -0.466 e. The van der Waals surface area contributed by atoms with E-state index in [0.717, 1.165) is 5.56 Å². The van der Waals surface area contributed by atoms with Crippen molar-refractivity contribution in [2.24, 2.45) is 5.92 Å². The number of likely N-dealkylation sites (tertiary alicyclic amines) is 1. The molecule has 1 N–H and O–H groups in total. The van der Waals surface area contributed by atoms with Crippen molar-refractivity contribution in [3.8, 4) is 5.88 Å². The lowest BCUT2D eigenvalue weighted by Gasteiger charge is -2.39. The van der Waals surface area contributed by atoms with Gasteiger partial charge in [-0.05, 0) is 11.6 Å². The molecule has 4 rings (SSSR count). The van der Waals surface area contributed by atoms with E-state index in [0.29, 0.717) is 49.4 Å². The summed E-state index contributed by atoms with van der Waals surface area (Å²) in [6, 6.07) is 11.6. The largest absolute Gasteiger partial charge is 0.466 e. The van der Waals surface area contributed by atoms with E-state index >= 15 is 0 Å². The number of benzene rings is 1. The standard InChI is InChI=1S/C19H19N3O4/c23-17-12-26-18-16(21-17)6-15(7-20-18)19(24)22-8-14(9-22)11-25-10-13-4-2-1-3-5-13/h1-7,14H,8-12H2,(H,21,23). The summed E-state index contributed by atoms with van der Waals surface area (Å²) < 4.78 is 10.9. The summed E-state index contributed by atoms with van der Waals surface area (Å²) in [5.41, 5.74) is 2.03. The van der Waals surface area contributed by atoms with Crippen LogP contribution in [0.2, 0.25) is 0 Å². The number of fused-ring (bicyclic) bond motifs is 1. The lowest BCUT2D eigenvalue weighted by atomic mass is 10.00. The maximum Gasteiger partial charge on any atom is 0.262 e. The van der Waals surface area contributed by atoms with Gasteiger partial charge in [0.1, 0.15) is 5.69 Å². The van der Waals surface area contributed by atoms with Crippen LogP contribution in [0.5, 0.6) is 5.88 Å². The Balaban J connectivity index is 1.27. The highest BCUT2D eigenvalue weighted by molar-refractivity contribution is 5.99. The van der Waals surface area contributed by atoms with Gasteiger partial charge in [0.05, 0.1) is 18.8 Å². The Bertz CT molecular complexity index is 819. The van der Waals surface area contributed by atoms with Crippen LogP contribution < -0.4 is 10.1 Å². The molecule has 1 saturated heterocycles. The topological polar surface area (TPSA) is 80.8 Å². The third-order valence-corrected chi connectivity index (χ3v) is 4.42. The lowest BCUT2D eigenvalue weighted by Crippen LogP contribution is -2.51. The molecule has 0 aliphatic carbocycles. The zero-order valence-corrected chi connectivity index (χ0v) is 14.2. The van der Waals surface area contributed by atoms with E-state index in [4.69, 9.17) is 9.47 Å². The summed E-state index contributed by atoms with van der Waals surface area (Å²) >= 11 is 0. The van der Waals surface area contributed by atoms with Gasteiger partial charge in [0.2, 0.25) is 5.88 Å².